The van der Waals surface area contributed by atoms with Gasteiger partial charge in [0.1, 0.15) is 22.8 Å². The quantitative estimate of drug-likeness (QED) is 0.439. The topological polar surface area (TPSA) is 64.6 Å². The maximum absolute atomic E-state index is 14.1. The van der Waals surface area contributed by atoms with Crippen molar-refractivity contribution in [2.24, 2.45) is 0 Å². The van der Waals surface area contributed by atoms with Gasteiger partial charge in [0.15, 0.2) is 11.7 Å². The van der Waals surface area contributed by atoms with Crippen molar-refractivity contribution in [2.45, 2.75) is 6.54 Å². The van der Waals surface area contributed by atoms with E-state index < -0.39 is 5.82 Å². The maximum Gasteiger partial charge on any atom is 0.267 e. The number of halogens is 1. The highest BCUT2D eigenvalue weighted by Gasteiger charge is 2.22. The maximum atomic E-state index is 14.1. The third-order valence-electron chi connectivity index (χ3n) is 4.36. The van der Waals surface area contributed by atoms with Crippen molar-refractivity contribution in [3.05, 3.63) is 78.4 Å². The monoisotopic (exact) mass is 423 g/mol. The number of carbonyl (C=O) groups excluding carboxylic acids is 1. The van der Waals surface area contributed by atoms with Gasteiger partial charge in [0.25, 0.3) is 5.91 Å². The summed E-state index contributed by atoms with van der Waals surface area (Å²) in [6.45, 7) is 0.00462. The van der Waals surface area contributed by atoms with Crippen LogP contribution in [0, 0.1) is 5.82 Å². The Bertz CT molecular complexity index is 1150. The molecule has 4 rings (SSSR count). The van der Waals surface area contributed by atoms with Gasteiger partial charge < -0.3 is 9.47 Å². The van der Waals surface area contributed by atoms with Crippen LogP contribution in [0.2, 0.25) is 0 Å². The zero-order valence-corrected chi connectivity index (χ0v) is 16.9. The number of para-hydroxylation sites is 1. The minimum Gasteiger partial charge on any atom is -0.497 e. The van der Waals surface area contributed by atoms with Gasteiger partial charge in [0.05, 0.1) is 24.0 Å². The largest absolute Gasteiger partial charge is 0.497 e. The zero-order chi connectivity index (χ0) is 20.9. The van der Waals surface area contributed by atoms with E-state index in [-0.39, 0.29) is 24.6 Å². The first-order valence-corrected chi connectivity index (χ1v) is 9.98. The summed E-state index contributed by atoms with van der Waals surface area (Å²) >= 11 is 1.25. The molecule has 2 aromatic heterocycles. The molecule has 4 aromatic rings. The summed E-state index contributed by atoms with van der Waals surface area (Å²) in [4.78, 5) is 23.1. The number of hydrogen-bond acceptors (Lipinski definition) is 6. The van der Waals surface area contributed by atoms with Gasteiger partial charge in [-0.15, -0.1) is 0 Å². The molecule has 0 fully saturated rings. The summed E-state index contributed by atoms with van der Waals surface area (Å²) in [5.41, 5.74) is 0.933. The first kappa shape index (κ1) is 19.8. The van der Waals surface area contributed by atoms with Crippen molar-refractivity contribution in [2.75, 3.05) is 18.6 Å². The summed E-state index contributed by atoms with van der Waals surface area (Å²) in [6, 6.07) is 17.2. The molecule has 2 aromatic carbocycles. The molecule has 2 heterocycles. The Balaban J connectivity index is 1.58. The molecule has 0 bridgehead atoms. The van der Waals surface area contributed by atoms with Crippen LogP contribution in [0.15, 0.2) is 66.9 Å². The Morgan fingerprint density at radius 1 is 1.07 bits per heavy atom. The van der Waals surface area contributed by atoms with Crippen LogP contribution in [0.25, 0.3) is 10.2 Å². The van der Waals surface area contributed by atoms with Crippen molar-refractivity contribution >= 4 is 32.6 Å². The highest BCUT2D eigenvalue weighted by molar-refractivity contribution is 7.22. The smallest absolute Gasteiger partial charge is 0.267 e. The lowest BCUT2D eigenvalue weighted by Crippen LogP contribution is -2.34. The number of aromatic nitrogens is 2. The predicted octanol–water partition coefficient (Wildman–Crippen LogP) is 4.45. The predicted molar refractivity (Wildman–Crippen MR) is 113 cm³/mol. The Kier molecular flexibility index (Phi) is 5.85. The normalized spacial score (nSPS) is 10.7. The number of anilines is 1. The van der Waals surface area contributed by atoms with E-state index >= 15 is 0 Å². The van der Waals surface area contributed by atoms with Crippen LogP contribution >= 0.6 is 11.3 Å². The molecule has 0 saturated heterocycles. The molecule has 0 saturated carbocycles. The van der Waals surface area contributed by atoms with Gasteiger partial charge in [0, 0.05) is 6.20 Å². The fraction of sp³-hybridized carbons (Fsp3) is 0.136. The molecular weight excluding hydrogens is 405 g/mol. The van der Waals surface area contributed by atoms with Gasteiger partial charge in [0.2, 0.25) is 0 Å². The number of benzene rings is 2. The van der Waals surface area contributed by atoms with E-state index in [0.29, 0.717) is 27.0 Å². The molecule has 0 unspecified atom stereocenters. The van der Waals surface area contributed by atoms with Crippen LogP contribution in [-0.4, -0.2) is 29.6 Å². The van der Waals surface area contributed by atoms with Crippen LogP contribution in [0.5, 0.6) is 11.5 Å². The minimum absolute atomic E-state index is 0.197. The first-order chi connectivity index (χ1) is 14.6. The first-order valence-electron chi connectivity index (χ1n) is 9.16. The fourth-order valence-electron chi connectivity index (χ4n) is 2.83. The number of fused-ring (bicyclic) bond motifs is 1. The van der Waals surface area contributed by atoms with Gasteiger partial charge in [-0.25, -0.2) is 9.37 Å². The van der Waals surface area contributed by atoms with Crippen molar-refractivity contribution < 1.29 is 18.7 Å². The average Bonchev–Trinajstić information content (AvgIpc) is 3.22. The van der Waals surface area contributed by atoms with E-state index in [9.17, 15) is 9.18 Å². The summed E-state index contributed by atoms with van der Waals surface area (Å²) in [5, 5.41) is 0.393. The van der Waals surface area contributed by atoms with Crippen molar-refractivity contribution in [1.29, 1.82) is 0 Å². The molecule has 8 heteroatoms. The lowest BCUT2D eigenvalue weighted by molar-refractivity contribution is -0.120. The molecule has 6 nitrogen and oxygen atoms in total. The molecule has 152 valence electrons. The molecule has 0 radical (unpaired) electrons. The van der Waals surface area contributed by atoms with Crippen molar-refractivity contribution in [3.63, 3.8) is 0 Å². The SMILES string of the molecule is COc1ccc(OCC(=O)N(Cc2ccccn2)c2nc3c(F)cccc3s2)cc1. The second-order valence-corrected chi connectivity index (χ2v) is 7.36. The number of hydrogen-bond donors (Lipinski definition) is 0. The highest BCUT2D eigenvalue weighted by Crippen LogP contribution is 2.31. The molecule has 0 aliphatic rings. The van der Waals surface area contributed by atoms with Gasteiger partial charge in [-0.3, -0.25) is 14.7 Å². The highest BCUT2D eigenvalue weighted by atomic mass is 32.1. The van der Waals surface area contributed by atoms with Crippen LogP contribution < -0.4 is 14.4 Å². The Morgan fingerprint density at radius 3 is 2.57 bits per heavy atom. The van der Waals surface area contributed by atoms with Gasteiger partial charge in [-0.2, -0.15) is 0 Å². The van der Waals surface area contributed by atoms with Crippen molar-refractivity contribution in [1.82, 2.24) is 9.97 Å². The molecule has 0 atom stereocenters. The summed E-state index contributed by atoms with van der Waals surface area (Å²) in [5.74, 6) is 0.505. The van der Waals surface area contributed by atoms with Crippen LogP contribution in [-0.2, 0) is 11.3 Å². The molecule has 0 aliphatic carbocycles. The van der Waals surface area contributed by atoms with E-state index in [1.807, 2.05) is 12.1 Å². The standard InChI is InChI=1S/C22H18FN3O3S/c1-28-16-8-10-17(11-9-16)29-14-20(27)26(13-15-5-2-3-12-24-15)22-25-21-18(23)6-4-7-19(21)30-22/h2-12H,13-14H2,1H3. The molecule has 0 aliphatic heterocycles. The van der Waals surface area contributed by atoms with E-state index in [1.54, 1.807) is 55.8 Å². The molecular formula is C22H18FN3O3S. The Hall–Kier alpha value is -3.52. The third-order valence-corrected chi connectivity index (χ3v) is 5.40. The third kappa shape index (κ3) is 4.38. The van der Waals surface area contributed by atoms with Gasteiger partial charge in [-0.05, 0) is 48.5 Å². The van der Waals surface area contributed by atoms with Gasteiger partial charge >= 0.3 is 0 Å². The number of carbonyl (C=O) groups is 1. The van der Waals surface area contributed by atoms with E-state index in [2.05, 4.69) is 9.97 Å². The Morgan fingerprint density at radius 2 is 1.87 bits per heavy atom. The second kappa shape index (κ2) is 8.87. The fourth-order valence-corrected chi connectivity index (χ4v) is 3.83. The number of pyridine rings is 1. The lowest BCUT2D eigenvalue weighted by Gasteiger charge is -2.19. The van der Waals surface area contributed by atoms with Crippen LogP contribution in [0.1, 0.15) is 5.69 Å². The number of ether oxygens (including phenoxy) is 2. The molecule has 0 N–H and O–H groups in total. The zero-order valence-electron chi connectivity index (χ0n) is 16.1. The van der Waals surface area contributed by atoms with Crippen molar-refractivity contribution in [3.8, 4) is 11.5 Å². The molecule has 0 spiro atoms. The lowest BCUT2D eigenvalue weighted by atomic mass is 10.3. The van der Waals surface area contributed by atoms with Crippen LogP contribution in [0.3, 0.4) is 0 Å². The number of nitrogens with zero attached hydrogens (tertiary/aromatic N) is 3. The van der Waals surface area contributed by atoms with E-state index in [4.69, 9.17) is 9.47 Å². The summed E-state index contributed by atoms with van der Waals surface area (Å²) in [6.07, 6.45) is 1.66. The minimum atomic E-state index is -0.422. The number of thiazole rings is 1. The average molecular weight is 423 g/mol. The number of amides is 1. The second-order valence-electron chi connectivity index (χ2n) is 6.35. The number of methoxy groups -OCH3 is 1. The van der Waals surface area contributed by atoms with Gasteiger partial charge in [-0.1, -0.05) is 23.5 Å². The van der Waals surface area contributed by atoms with E-state index in [1.165, 1.54) is 22.3 Å². The number of rotatable bonds is 7. The summed E-state index contributed by atoms with van der Waals surface area (Å²) < 4.78 is 25.5. The molecule has 1 amide bonds. The van der Waals surface area contributed by atoms with Crippen LogP contribution in [0.4, 0.5) is 9.52 Å². The Labute approximate surface area is 176 Å². The van der Waals surface area contributed by atoms with E-state index in [0.717, 1.165) is 0 Å². The molecule has 30 heavy (non-hydrogen) atoms. The summed E-state index contributed by atoms with van der Waals surface area (Å²) in [7, 11) is 1.58.